The number of phosphoric ester groups is 1. The minimum Gasteiger partial charge on any atom is -0.385 e. The maximum Gasteiger partial charge on any atom is 0.469 e. The lowest BCUT2D eigenvalue weighted by Gasteiger charge is -2.58. The van der Waals surface area contributed by atoms with Gasteiger partial charge in [0.1, 0.15) is 0 Å². The fraction of sp³-hybridized carbons (Fsp3) is 0.931. The first-order valence-electron chi connectivity index (χ1n) is 14.4. The lowest BCUT2D eigenvalue weighted by atomic mass is 9.47. The maximum absolute atomic E-state index is 11.4. The van der Waals surface area contributed by atoms with E-state index in [1.165, 1.54) is 56.9 Å². The summed E-state index contributed by atoms with van der Waals surface area (Å²) in [6.45, 7) is 10.9. The largest absolute Gasteiger partial charge is 0.469 e. The van der Waals surface area contributed by atoms with E-state index in [0.29, 0.717) is 17.8 Å². The molecule has 0 radical (unpaired) electrons. The summed E-state index contributed by atoms with van der Waals surface area (Å²) < 4.78 is 21.8. The average molecular weight is 511 g/mol. The van der Waals surface area contributed by atoms with Gasteiger partial charge in [-0.15, -0.1) is 0 Å². The lowest BCUT2D eigenvalue weighted by molar-refractivity contribution is -0.0570. The third kappa shape index (κ3) is 5.80. The summed E-state index contributed by atoms with van der Waals surface area (Å²) in [5, 5.41) is 0. The molecule has 0 saturated heterocycles. The maximum atomic E-state index is 11.4. The SMILES string of the molecule is COCCC(C)CCC[C@@H](C)[C@H]1CC[C@H]2[C@@H]3CC=C4C[C@@H](OP(=O)(O)O)CC[C@]4(C)[C@H]3CC[C@]12C. The molecule has 4 aliphatic carbocycles. The van der Waals surface area contributed by atoms with E-state index in [1.807, 2.05) is 0 Å². The van der Waals surface area contributed by atoms with Gasteiger partial charge < -0.3 is 14.5 Å². The van der Waals surface area contributed by atoms with Crippen LogP contribution in [-0.2, 0) is 13.8 Å². The van der Waals surface area contributed by atoms with Crippen molar-refractivity contribution in [2.45, 2.75) is 111 Å². The highest BCUT2D eigenvalue weighted by Crippen LogP contribution is 2.67. The van der Waals surface area contributed by atoms with Crippen LogP contribution in [0.25, 0.3) is 0 Å². The highest BCUT2D eigenvalue weighted by Gasteiger charge is 2.59. The molecule has 0 amide bonds. The molecule has 0 aromatic heterocycles. The van der Waals surface area contributed by atoms with E-state index >= 15 is 0 Å². The van der Waals surface area contributed by atoms with E-state index in [1.54, 1.807) is 7.11 Å². The van der Waals surface area contributed by atoms with E-state index in [9.17, 15) is 14.4 Å². The Labute approximate surface area is 214 Å². The smallest absolute Gasteiger partial charge is 0.385 e. The number of hydrogen-bond acceptors (Lipinski definition) is 3. The number of fused-ring (bicyclic) bond motifs is 5. The van der Waals surface area contributed by atoms with Crippen molar-refractivity contribution >= 4 is 7.82 Å². The van der Waals surface area contributed by atoms with Crippen LogP contribution in [0.4, 0.5) is 0 Å². The van der Waals surface area contributed by atoms with E-state index in [2.05, 4.69) is 33.8 Å². The summed E-state index contributed by atoms with van der Waals surface area (Å²) >= 11 is 0. The normalized spacial score (nSPS) is 40.9. The van der Waals surface area contributed by atoms with E-state index in [0.717, 1.165) is 55.5 Å². The van der Waals surface area contributed by atoms with Gasteiger partial charge in [0.25, 0.3) is 0 Å². The van der Waals surface area contributed by atoms with Crippen molar-refractivity contribution in [3.05, 3.63) is 11.6 Å². The quantitative estimate of drug-likeness (QED) is 0.235. The van der Waals surface area contributed by atoms with Crippen LogP contribution in [-0.4, -0.2) is 29.6 Å². The minimum absolute atomic E-state index is 0.182. The molecule has 3 saturated carbocycles. The van der Waals surface area contributed by atoms with Crippen molar-refractivity contribution in [1.82, 2.24) is 0 Å². The van der Waals surface area contributed by atoms with Gasteiger partial charge in [-0.1, -0.05) is 58.6 Å². The van der Waals surface area contributed by atoms with Gasteiger partial charge in [-0.3, -0.25) is 4.52 Å². The Balaban J connectivity index is 1.39. The molecule has 0 aliphatic heterocycles. The van der Waals surface area contributed by atoms with Crippen molar-refractivity contribution in [3.63, 3.8) is 0 Å². The number of rotatable bonds is 10. The topological polar surface area (TPSA) is 76.0 Å². The standard InChI is InChI=1S/C29H51O5P/c1-20(15-18-33-5)7-6-8-21(2)25-11-12-26-24-10-9-22-19-23(34-35(30,31)32)13-16-28(22,3)27(24)14-17-29(25,26)4/h9,20-21,23-27H,6-8,10-19H2,1-5H3,(H2,30,31,32)/t20?,21-,23+,24+,25-,26+,27+,28+,29-/m1/s1. The summed E-state index contributed by atoms with van der Waals surface area (Å²) in [6.07, 6.45) is 16.4. The predicted molar refractivity (Wildman–Crippen MR) is 141 cm³/mol. The van der Waals surface area contributed by atoms with Crippen LogP contribution < -0.4 is 0 Å². The zero-order chi connectivity index (χ0) is 25.4. The molecule has 9 atom stereocenters. The summed E-state index contributed by atoms with van der Waals surface area (Å²) in [5.74, 6) is 4.74. The molecule has 2 N–H and O–H groups in total. The van der Waals surface area contributed by atoms with Crippen molar-refractivity contribution < 1.29 is 23.6 Å². The van der Waals surface area contributed by atoms with Crippen molar-refractivity contribution in [2.75, 3.05) is 13.7 Å². The van der Waals surface area contributed by atoms with E-state index in [-0.39, 0.29) is 11.5 Å². The molecule has 0 aromatic carbocycles. The Kier molecular flexibility index (Phi) is 8.66. The van der Waals surface area contributed by atoms with Gasteiger partial charge in [-0.05, 0) is 104 Å². The average Bonchev–Trinajstić information content (AvgIpc) is 3.14. The zero-order valence-corrected chi connectivity index (χ0v) is 23.8. The van der Waals surface area contributed by atoms with Crippen molar-refractivity contribution in [1.29, 1.82) is 0 Å². The second kappa shape index (κ2) is 10.9. The number of hydrogen-bond donors (Lipinski definition) is 2. The van der Waals surface area contributed by atoms with Crippen LogP contribution in [0.3, 0.4) is 0 Å². The molecule has 0 heterocycles. The van der Waals surface area contributed by atoms with Crippen LogP contribution in [0.1, 0.15) is 105 Å². The molecule has 3 fully saturated rings. The van der Waals surface area contributed by atoms with Gasteiger partial charge in [0.05, 0.1) is 6.10 Å². The van der Waals surface area contributed by atoms with Crippen LogP contribution in [0, 0.1) is 46.3 Å². The molecule has 35 heavy (non-hydrogen) atoms. The van der Waals surface area contributed by atoms with Gasteiger partial charge in [-0.25, -0.2) is 4.57 Å². The molecule has 4 aliphatic rings. The van der Waals surface area contributed by atoms with Gasteiger partial charge in [-0.2, -0.15) is 0 Å². The van der Waals surface area contributed by atoms with Crippen LogP contribution in [0.5, 0.6) is 0 Å². The molecule has 4 rings (SSSR count). The third-order valence-electron chi connectivity index (χ3n) is 11.3. The monoisotopic (exact) mass is 510 g/mol. The zero-order valence-electron chi connectivity index (χ0n) is 22.9. The Morgan fingerprint density at radius 2 is 1.83 bits per heavy atom. The van der Waals surface area contributed by atoms with Gasteiger partial charge in [0, 0.05) is 13.7 Å². The van der Waals surface area contributed by atoms with Crippen molar-refractivity contribution in [3.8, 4) is 0 Å². The summed E-state index contributed by atoms with van der Waals surface area (Å²) in [6, 6.07) is 0. The molecular formula is C29H51O5P. The Morgan fingerprint density at radius 3 is 2.54 bits per heavy atom. The first kappa shape index (κ1) is 27.8. The Hall–Kier alpha value is -0.190. The second-order valence-corrected chi connectivity index (χ2v) is 14.4. The van der Waals surface area contributed by atoms with Crippen molar-refractivity contribution in [2.24, 2.45) is 46.3 Å². The molecule has 0 bridgehead atoms. The van der Waals surface area contributed by atoms with Crippen LogP contribution in [0.2, 0.25) is 0 Å². The summed E-state index contributed by atoms with van der Waals surface area (Å²) in [5.41, 5.74) is 2.07. The fourth-order valence-corrected chi connectivity index (χ4v) is 9.91. The minimum atomic E-state index is -4.42. The second-order valence-electron chi connectivity index (χ2n) is 13.2. The number of methoxy groups -OCH3 is 1. The Bertz CT molecular complexity index is 807. The summed E-state index contributed by atoms with van der Waals surface area (Å²) in [4.78, 5) is 18.6. The molecule has 202 valence electrons. The number of phosphoric acid groups is 1. The Morgan fingerprint density at radius 1 is 1.06 bits per heavy atom. The van der Waals surface area contributed by atoms with Crippen LogP contribution >= 0.6 is 7.82 Å². The molecule has 5 nitrogen and oxygen atoms in total. The third-order valence-corrected chi connectivity index (χ3v) is 11.8. The molecule has 6 heteroatoms. The highest BCUT2D eigenvalue weighted by molar-refractivity contribution is 7.46. The molecule has 1 unspecified atom stereocenters. The van der Waals surface area contributed by atoms with Gasteiger partial charge in [0.15, 0.2) is 0 Å². The first-order valence-corrected chi connectivity index (χ1v) is 15.9. The molecular weight excluding hydrogens is 459 g/mol. The van der Waals surface area contributed by atoms with Gasteiger partial charge in [0.2, 0.25) is 0 Å². The summed E-state index contributed by atoms with van der Waals surface area (Å²) in [7, 11) is -2.62. The van der Waals surface area contributed by atoms with Crippen LogP contribution in [0.15, 0.2) is 11.6 Å². The fourth-order valence-electron chi connectivity index (χ4n) is 9.34. The molecule has 0 spiro atoms. The first-order chi connectivity index (χ1) is 16.5. The highest BCUT2D eigenvalue weighted by atomic mass is 31.2. The molecule has 0 aromatic rings. The number of allylic oxidation sites excluding steroid dienone is 1. The van der Waals surface area contributed by atoms with E-state index < -0.39 is 7.82 Å². The van der Waals surface area contributed by atoms with E-state index in [4.69, 9.17) is 9.26 Å². The predicted octanol–water partition coefficient (Wildman–Crippen LogP) is 7.52. The lowest BCUT2D eigenvalue weighted by Crippen LogP contribution is -2.50. The number of ether oxygens (including phenoxy) is 1. The van der Waals surface area contributed by atoms with Gasteiger partial charge >= 0.3 is 7.82 Å².